The number of hydrogen-bond acceptors (Lipinski definition) is 8. The molecule has 0 saturated carbocycles. The van der Waals surface area contributed by atoms with E-state index in [0.29, 0.717) is 17.2 Å². The lowest BCUT2D eigenvalue weighted by Gasteiger charge is -2.42. The van der Waals surface area contributed by atoms with E-state index in [9.17, 15) is 14.4 Å². The molecule has 1 atom stereocenters. The predicted octanol–water partition coefficient (Wildman–Crippen LogP) is 2.28. The lowest BCUT2D eigenvalue weighted by Crippen LogP contribution is -2.58. The highest BCUT2D eigenvalue weighted by atomic mass is 16.7. The first-order valence-corrected chi connectivity index (χ1v) is 9.37. The van der Waals surface area contributed by atoms with E-state index >= 15 is 0 Å². The van der Waals surface area contributed by atoms with Gasteiger partial charge in [-0.2, -0.15) is 0 Å². The quantitative estimate of drug-likeness (QED) is 0.545. The molecule has 0 N–H and O–H groups in total. The van der Waals surface area contributed by atoms with Crippen LogP contribution in [-0.4, -0.2) is 50.1 Å². The van der Waals surface area contributed by atoms with Gasteiger partial charge in [0, 0.05) is 17.7 Å². The molecular weight excluding hydrogens is 406 g/mol. The van der Waals surface area contributed by atoms with E-state index in [0.717, 1.165) is 0 Å². The summed E-state index contributed by atoms with van der Waals surface area (Å²) in [6.45, 7) is 3.63. The standard InChI is InChI=1S/C22H17NO8/c1-4-5-23-20(25)12-7-16(28-3)15(27-2)6-11(12)19(24)22(23)14-9-18-17(29-10-30-18)8-13(14)21(26)31-22/h4,6-9H,1,5,10H2,2-3H3. The average Bonchev–Trinajstić information content (AvgIpc) is 3.35. The van der Waals surface area contributed by atoms with Crippen molar-refractivity contribution in [2.24, 2.45) is 0 Å². The third kappa shape index (κ3) is 2.34. The van der Waals surface area contributed by atoms with Crippen molar-refractivity contribution in [3.63, 3.8) is 0 Å². The number of benzene rings is 2. The smallest absolute Gasteiger partial charge is 0.341 e. The Bertz CT molecular complexity index is 1190. The summed E-state index contributed by atoms with van der Waals surface area (Å²) in [6.07, 6.45) is 1.46. The zero-order valence-electron chi connectivity index (χ0n) is 16.7. The van der Waals surface area contributed by atoms with Crippen molar-refractivity contribution in [3.8, 4) is 23.0 Å². The molecule has 3 aliphatic heterocycles. The number of carbonyl (C=O) groups excluding carboxylic acids is 3. The molecule has 5 rings (SSSR count). The van der Waals surface area contributed by atoms with Crippen LogP contribution in [0.4, 0.5) is 0 Å². The van der Waals surface area contributed by atoms with Gasteiger partial charge in [-0.1, -0.05) is 6.08 Å². The van der Waals surface area contributed by atoms with Gasteiger partial charge in [0.2, 0.25) is 12.6 Å². The minimum absolute atomic E-state index is 0.0106. The topological polar surface area (TPSA) is 101 Å². The molecule has 158 valence electrons. The summed E-state index contributed by atoms with van der Waals surface area (Å²) in [5, 5.41) is 0. The second-order valence-corrected chi connectivity index (χ2v) is 7.07. The van der Waals surface area contributed by atoms with Crippen LogP contribution in [0, 0.1) is 0 Å². The van der Waals surface area contributed by atoms with Crippen LogP contribution in [0.1, 0.15) is 36.6 Å². The van der Waals surface area contributed by atoms with Crippen molar-refractivity contribution >= 4 is 17.7 Å². The van der Waals surface area contributed by atoms with Gasteiger partial charge in [0.1, 0.15) is 0 Å². The summed E-state index contributed by atoms with van der Waals surface area (Å²) in [4.78, 5) is 41.4. The molecule has 1 spiro atoms. The second kappa shape index (κ2) is 6.49. The zero-order chi connectivity index (χ0) is 21.9. The van der Waals surface area contributed by atoms with Gasteiger partial charge in [-0.25, -0.2) is 4.79 Å². The second-order valence-electron chi connectivity index (χ2n) is 7.07. The monoisotopic (exact) mass is 423 g/mol. The van der Waals surface area contributed by atoms with Gasteiger partial charge in [-0.05, 0) is 24.3 Å². The number of carbonyl (C=O) groups is 3. The largest absolute Gasteiger partial charge is 0.493 e. The highest BCUT2D eigenvalue weighted by Gasteiger charge is 2.61. The Morgan fingerprint density at radius 1 is 1.00 bits per heavy atom. The van der Waals surface area contributed by atoms with Crippen LogP contribution < -0.4 is 18.9 Å². The van der Waals surface area contributed by atoms with Gasteiger partial charge in [-0.3, -0.25) is 14.5 Å². The molecule has 9 nitrogen and oxygen atoms in total. The van der Waals surface area contributed by atoms with Gasteiger partial charge >= 0.3 is 5.97 Å². The number of methoxy groups -OCH3 is 2. The molecule has 0 radical (unpaired) electrons. The molecule has 0 aromatic heterocycles. The van der Waals surface area contributed by atoms with Crippen molar-refractivity contribution in [2.45, 2.75) is 5.72 Å². The molecule has 31 heavy (non-hydrogen) atoms. The fraction of sp³-hybridized carbons (Fsp3) is 0.227. The maximum absolute atomic E-state index is 13.9. The highest BCUT2D eigenvalue weighted by Crippen LogP contribution is 2.50. The van der Waals surface area contributed by atoms with Crippen LogP contribution in [0.3, 0.4) is 0 Å². The van der Waals surface area contributed by atoms with Gasteiger partial charge in [0.05, 0.1) is 25.3 Å². The summed E-state index contributed by atoms with van der Waals surface area (Å²) < 4.78 is 27.0. The average molecular weight is 423 g/mol. The summed E-state index contributed by atoms with van der Waals surface area (Å²) in [5.74, 6) is -0.566. The fourth-order valence-electron chi connectivity index (χ4n) is 4.18. The Morgan fingerprint density at radius 2 is 1.65 bits per heavy atom. The third-order valence-electron chi connectivity index (χ3n) is 5.58. The van der Waals surface area contributed by atoms with Crippen LogP contribution >= 0.6 is 0 Å². The molecular formula is C22H17NO8. The summed E-state index contributed by atoms with van der Waals surface area (Å²) in [5.41, 5.74) is -1.49. The van der Waals surface area contributed by atoms with Gasteiger partial charge in [0.25, 0.3) is 11.6 Å². The molecule has 0 bridgehead atoms. The van der Waals surface area contributed by atoms with Crippen molar-refractivity contribution in [1.82, 2.24) is 4.90 Å². The maximum Gasteiger partial charge on any atom is 0.341 e. The lowest BCUT2D eigenvalue weighted by atomic mass is 9.83. The number of ketones is 1. The Labute approximate surface area is 176 Å². The Morgan fingerprint density at radius 3 is 2.29 bits per heavy atom. The van der Waals surface area contributed by atoms with Crippen LogP contribution in [0.25, 0.3) is 0 Å². The van der Waals surface area contributed by atoms with Crippen molar-refractivity contribution in [1.29, 1.82) is 0 Å². The third-order valence-corrected chi connectivity index (χ3v) is 5.58. The van der Waals surface area contributed by atoms with E-state index in [1.54, 1.807) is 0 Å². The van der Waals surface area contributed by atoms with Crippen molar-refractivity contribution in [2.75, 3.05) is 27.6 Å². The molecule has 0 fully saturated rings. The summed E-state index contributed by atoms with van der Waals surface area (Å²) in [6, 6.07) is 5.83. The molecule has 9 heteroatoms. The van der Waals surface area contributed by atoms with E-state index in [1.165, 1.54) is 49.5 Å². The summed E-state index contributed by atoms with van der Waals surface area (Å²) in [7, 11) is 2.85. The first-order valence-electron chi connectivity index (χ1n) is 9.37. The number of hydrogen-bond donors (Lipinski definition) is 0. The Hall–Kier alpha value is -4.01. The van der Waals surface area contributed by atoms with Crippen LogP contribution in [0.2, 0.25) is 0 Å². The number of esters is 1. The normalized spacial score (nSPS) is 20.5. The molecule has 1 unspecified atom stereocenters. The van der Waals surface area contributed by atoms with Gasteiger partial charge in [-0.15, -0.1) is 6.58 Å². The first kappa shape index (κ1) is 19.0. The number of fused-ring (bicyclic) bond motifs is 4. The number of rotatable bonds is 4. The highest BCUT2D eigenvalue weighted by molar-refractivity contribution is 6.20. The Balaban J connectivity index is 1.79. The minimum Gasteiger partial charge on any atom is -0.493 e. The zero-order valence-corrected chi connectivity index (χ0v) is 16.7. The number of nitrogens with zero attached hydrogens (tertiary/aromatic N) is 1. The first-order chi connectivity index (χ1) is 15.0. The van der Waals surface area contributed by atoms with Crippen molar-refractivity contribution < 1.29 is 38.1 Å². The number of ether oxygens (including phenoxy) is 5. The SMILES string of the molecule is C=CCN1C(=O)c2cc(OC)c(OC)cc2C(=O)C12OC(=O)c1cc3c(cc12)OCO3. The van der Waals surface area contributed by atoms with Crippen LogP contribution in [0.5, 0.6) is 23.0 Å². The van der Waals surface area contributed by atoms with E-state index in [2.05, 4.69) is 6.58 Å². The van der Waals surface area contributed by atoms with Gasteiger partial charge < -0.3 is 23.7 Å². The number of Topliss-reactive ketones (excluding diaryl/α,β-unsaturated/α-hetero) is 1. The molecule has 0 saturated heterocycles. The lowest BCUT2D eigenvalue weighted by molar-refractivity contribution is -0.0702. The molecule has 2 aromatic rings. The van der Waals surface area contributed by atoms with Crippen LogP contribution in [-0.2, 0) is 10.5 Å². The molecule has 3 aliphatic rings. The molecule has 3 heterocycles. The minimum atomic E-state index is -1.99. The molecule has 2 aromatic carbocycles. The van der Waals surface area contributed by atoms with Crippen LogP contribution in [0.15, 0.2) is 36.9 Å². The van der Waals surface area contributed by atoms with Gasteiger partial charge in [0.15, 0.2) is 23.0 Å². The molecule has 1 amide bonds. The fourth-order valence-corrected chi connectivity index (χ4v) is 4.18. The van der Waals surface area contributed by atoms with Crippen molar-refractivity contribution in [3.05, 3.63) is 59.2 Å². The van der Waals surface area contributed by atoms with E-state index in [1.807, 2.05) is 0 Å². The van der Waals surface area contributed by atoms with E-state index in [4.69, 9.17) is 23.7 Å². The van der Waals surface area contributed by atoms with E-state index < -0.39 is 23.4 Å². The predicted molar refractivity (Wildman–Crippen MR) is 105 cm³/mol. The Kier molecular flexibility index (Phi) is 3.98. The maximum atomic E-state index is 13.9. The number of amides is 1. The molecule has 0 aliphatic carbocycles. The summed E-state index contributed by atoms with van der Waals surface area (Å²) >= 11 is 0. The van der Waals surface area contributed by atoms with E-state index in [-0.39, 0.29) is 41.3 Å².